The first kappa shape index (κ1) is 26.1. The third kappa shape index (κ3) is 5.87. The minimum atomic E-state index is -0.664. The third-order valence-electron chi connectivity index (χ3n) is 6.35. The Morgan fingerprint density at radius 3 is 2.46 bits per heavy atom. The molecule has 1 saturated heterocycles. The molecule has 2 aromatic carbocycles. The summed E-state index contributed by atoms with van der Waals surface area (Å²) in [6, 6.07) is 13.1. The average Bonchev–Trinajstić information content (AvgIpc) is 3.50. The van der Waals surface area contributed by atoms with Gasteiger partial charge in [0.25, 0.3) is 5.91 Å². The van der Waals surface area contributed by atoms with Gasteiger partial charge in [0.2, 0.25) is 0 Å². The molecule has 1 fully saturated rings. The molecule has 10 nitrogen and oxygen atoms in total. The molecule has 0 radical (unpaired) electrons. The number of hydrogen-bond donors (Lipinski definition) is 2. The van der Waals surface area contributed by atoms with Crippen molar-refractivity contribution in [1.82, 2.24) is 24.4 Å². The number of nitrogens with two attached hydrogens (primary N) is 1. The van der Waals surface area contributed by atoms with E-state index in [0.29, 0.717) is 23.3 Å². The Labute approximate surface area is 216 Å². The first-order chi connectivity index (χ1) is 17.8. The fourth-order valence-electron chi connectivity index (χ4n) is 4.28. The minimum Gasteiger partial charge on any atom is -0.497 e. The summed E-state index contributed by atoms with van der Waals surface area (Å²) < 4.78 is 12.2. The number of para-hydroxylation sites is 1. The number of aromatic nitrogens is 4. The summed E-state index contributed by atoms with van der Waals surface area (Å²) in [7, 11) is 7.43. The summed E-state index contributed by atoms with van der Waals surface area (Å²) in [5, 5.41) is 3.12. The maximum absolute atomic E-state index is 12.1. The summed E-state index contributed by atoms with van der Waals surface area (Å²) in [6.45, 7) is 4.14. The van der Waals surface area contributed by atoms with Gasteiger partial charge in [-0.3, -0.25) is 4.79 Å². The van der Waals surface area contributed by atoms with Crippen molar-refractivity contribution in [1.29, 1.82) is 0 Å². The molecule has 3 N–H and O–H groups in total. The van der Waals surface area contributed by atoms with E-state index in [1.807, 2.05) is 61.0 Å². The summed E-state index contributed by atoms with van der Waals surface area (Å²) in [5.74, 6) is 0.367. The number of imidazole rings is 1. The van der Waals surface area contributed by atoms with Crippen molar-refractivity contribution in [2.45, 2.75) is 19.4 Å². The lowest BCUT2D eigenvalue weighted by atomic mass is 10.1. The normalized spacial score (nSPS) is 15.3. The smallest absolute Gasteiger partial charge is 0.271 e. The van der Waals surface area contributed by atoms with Crippen LogP contribution in [0.5, 0.6) is 5.75 Å². The van der Waals surface area contributed by atoms with Crippen molar-refractivity contribution in [2.24, 2.45) is 12.8 Å². The zero-order valence-electron chi connectivity index (χ0n) is 21.9. The number of benzene rings is 2. The lowest BCUT2D eigenvalue weighted by Crippen LogP contribution is -2.18. The van der Waals surface area contributed by atoms with Crippen LogP contribution >= 0.6 is 0 Å². The summed E-state index contributed by atoms with van der Waals surface area (Å²) in [5.41, 5.74) is 10.2. The van der Waals surface area contributed by atoms with Gasteiger partial charge in [-0.15, -0.1) is 0 Å². The van der Waals surface area contributed by atoms with Crippen molar-refractivity contribution >= 4 is 28.4 Å². The number of methoxy groups -OCH3 is 2. The van der Waals surface area contributed by atoms with Gasteiger partial charge in [0, 0.05) is 38.5 Å². The fourth-order valence-corrected chi connectivity index (χ4v) is 4.28. The van der Waals surface area contributed by atoms with E-state index < -0.39 is 5.91 Å². The number of amides is 1. The zero-order valence-corrected chi connectivity index (χ0v) is 21.9. The van der Waals surface area contributed by atoms with E-state index in [9.17, 15) is 4.79 Å². The zero-order chi connectivity index (χ0) is 26.5. The van der Waals surface area contributed by atoms with Crippen LogP contribution in [-0.4, -0.2) is 70.8 Å². The van der Waals surface area contributed by atoms with E-state index in [4.69, 9.17) is 15.2 Å². The average molecular weight is 504 g/mol. The van der Waals surface area contributed by atoms with Gasteiger partial charge in [-0.05, 0) is 50.7 Å². The number of likely N-dealkylation sites (N-methyl/N-ethyl adjacent to an activating group) is 1. The molecule has 0 aliphatic carbocycles. The maximum atomic E-state index is 12.1. The highest BCUT2D eigenvalue weighted by Gasteiger charge is 2.20. The van der Waals surface area contributed by atoms with Gasteiger partial charge in [0.15, 0.2) is 11.5 Å². The predicted molar refractivity (Wildman–Crippen MR) is 144 cm³/mol. The van der Waals surface area contributed by atoms with E-state index in [1.54, 1.807) is 20.5 Å². The standard InChI is InChI=1S/C21H20N6O2.C6H13NO/c1-12-17(15-5-4-6-16-18(15)23-11-27(16)2)26-19(20(22)28)21(24-12)25-13-7-9-14(29-3)10-8-13;1-7-4-3-6(5-7)8-2/h4-11H,1-3H3,(H2,22,28)(H,24,25);6H,3-5H2,1-2H3. The van der Waals surface area contributed by atoms with Gasteiger partial charge in [-0.25, -0.2) is 15.0 Å². The van der Waals surface area contributed by atoms with E-state index >= 15 is 0 Å². The summed E-state index contributed by atoms with van der Waals surface area (Å²) in [6.07, 6.45) is 3.44. The second kappa shape index (κ2) is 11.4. The number of primary amides is 1. The fraction of sp³-hybridized carbons (Fsp3) is 0.333. The molecule has 1 aliphatic rings. The molecule has 0 saturated carbocycles. The molecule has 1 amide bonds. The Kier molecular flexibility index (Phi) is 8.00. The highest BCUT2D eigenvalue weighted by molar-refractivity contribution is 5.98. The topological polar surface area (TPSA) is 120 Å². The number of fused-ring (bicyclic) bond motifs is 1. The first-order valence-corrected chi connectivity index (χ1v) is 12.0. The Balaban J connectivity index is 0.000000342. The van der Waals surface area contributed by atoms with Gasteiger partial charge in [0.05, 0.1) is 42.0 Å². The molecular formula is C27H33N7O3. The number of carbonyl (C=O) groups excluding carboxylic acids is 1. The largest absolute Gasteiger partial charge is 0.497 e. The number of nitrogens with zero attached hydrogens (tertiary/aromatic N) is 5. The van der Waals surface area contributed by atoms with E-state index in [1.165, 1.54) is 13.0 Å². The number of rotatable bonds is 6. The van der Waals surface area contributed by atoms with Crippen molar-refractivity contribution in [3.8, 4) is 17.0 Å². The van der Waals surface area contributed by atoms with Crippen LogP contribution in [-0.2, 0) is 11.8 Å². The highest BCUT2D eigenvalue weighted by atomic mass is 16.5. The molecular weight excluding hydrogens is 470 g/mol. The molecule has 194 valence electrons. The van der Waals surface area contributed by atoms with E-state index in [-0.39, 0.29) is 5.69 Å². The molecule has 37 heavy (non-hydrogen) atoms. The third-order valence-corrected chi connectivity index (χ3v) is 6.35. The van der Waals surface area contributed by atoms with Crippen LogP contribution in [0.25, 0.3) is 22.3 Å². The highest BCUT2D eigenvalue weighted by Crippen LogP contribution is 2.30. The van der Waals surface area contributed by atoms with Crippen molar-refractivity contribution in [2.75, 3.05) is 39.7 Å². The van der Waals surface area contributed by atoms with Gasteiger partial charge < -0.3 is 30.0 Å². The lowest BCUT2D eigenvalue weighted by molar-refractivity contribution is 0.0996. The first-order valence-electron chi connectivity index (χ1n) is 12.0. The SMILES string of the molecule is COC1CCN(C)C1.COc1ccc(Nc2nc(C)c(-c3cccc4c3ncn4C)nc2C(N)=O)cc1. The van der Waals surface area contributed by atoms with Crippen LogP contribution in [0.3, 0.4) is 0 Å². The van der Waals surface area contributed by atoms with Crippen LogP contribution in [0.2, 0.25) is 0 Å². The maximum Gasteiger partial charge on any atom is 0.271 e. The minimum absolute atomic E-state index is 0.0642. The van der Waals surface area contributed by atoms with Crippen LogP contribution in [0, 0.1) is 6.92 Å². The summed E-state index contributed by atoms with van der Waals surface area (Å²) >= 11 is 0. The molecule has 0 bridgehead atoms. The van der Waals surface area contributed by atoms with Crippen molar-refractivity contribution < 1.29 is 14.3 Å². The lowest BCUT2D eigenvalue weighted by Gasteiger charge is -2.13. The van der Waals surface area contributed by atoms with Gasteiger partial charge in [-0.1, -0.05) is 12.1 Å². The molecule has 10 heteroatoms. The van der Waals surface area contributed by atoms with Crippen LogP contribution in [0.4, 0.5) is 11.5 Å². The second-order valence-corrected chi connectivity index (χ2v) is 9.01. The molecule has 1 aliphatic heterocycles. The van der Waals surface area contributed by atoms with Crippen LogP contribution in [0.15, 0.2) is 48.8 Å². The Hall–Kier alpha value is -4.02. The Morgan fingerprint density at radius 2 is 1.86 bits per heavy atom. The van der Waals surface area contributed by atoms with E-state index in [2.05, 4.69) is 32.2 Å². The molecule has 5 rings (SSSR count). The number of hydrogen-bond acceptors (Lipinski definition) is 8. The monoisotopic (exact) mass is 503 g/mol. The van der Waals surface area contributed by atoms with Gasteiger partial charge in [-0.2, -0.15) is 0 Å². The number of ether oxygens (including phenoxy) is 2. The second-order valence-electron chi connectivity index (χ2n) is 9.01. The van der Waals surface area contributed by atoms with Crippen molar-refractivity contribution in [3.63, 3.8) is 0 Å². The molecule has 1 atom stereocenters. The number of carbonyl (C=O) groups is 1. The van der Waals surface area contributed by atoms with E-state index in [0.717, 1.165) is 34.6 Å². The number of nitrogens with one attached hydrogen (secondary N) is 1. The van der Waals surface area contributed by atoms with Crippen molar-refractivity contribution in [3.05, 3.63) is 60.2 Å². The van der Waals surface area contributed by atoms with Crippen LogP contribution < -0.4 is 15.8 Å². The van der Waals surface area contributed by atoms with Crippen LogP contribution in [0.1, 0.15) is 22.6 Å². The molecule has 4 aromatic rings. The predicted octanol–water partition coefficient (Wildman–Crippen LogP) is 3.53. The number of aryl methyl sites for hydroxylation is 2. The number of anilines is 2. The Morgan fingerprint density at radius 1 is 1.11 bits per heavy atom. The molecule has 2 aromatic heterocycles. The number of likely N-dealkylation sites (tertiary alicyclic amines) is 1. The summed E-state index contributed by atoms with van der Waals surface area (Å²) in [4.78, 5) is 28.0. The Bertz CT molecular complexity index is 1390. The van der Waals surface area contributed by atoms with Gasteiger partial charge in [0.1, 0.15) is 5.75 Å². The molecule has 3 heterocycles. The molecule has 1 unspecified atom stereocenters. The quantitative estimate of drug-likeness (QED) is 0.410. The molecule has 0 spiro atoms. The van der Waals surface area contributed by atoms with Gasteiger partial charge >= 0.3 is 0 Å².